The SMILES string of the molecule is CCC(C)c1ccc(N(C)C(CO)CO)cc1. The molecule has 96 valence electrons. The fourth-order valence-electron chi connectivity index (χ4n) is 1.79. The van der Waals surface area contributed by atoms with Gasteiger partial charge < -0.3 is 15.1 Å². The number of nitrogens with zero attached hydrogens (tertiary/aromatic N) is 1. The number of anilines is 1. The summed E-state index contributed by atoms with van der Waals surface area (Å²) in [6.45, 7) is 4.31. The van der Waals surface area contributed by atoms with E-state index in [0.29, 0.717) is 5.92 Å². The van der Waals surface area contributed by atoms with E-state index in [-0.39, 0.29) is 19.3 Å². The van der Waals surface area contributed by atoms with Crippen molar-refractivity contribution in [2.75, 3.05) is 25.2 Å². The van der Waals surface area contributed by atoms with Crippen LogP contribution in [0.2, 0.25) is 0 Å². The van der Waals surface area contributed by atoms with Gasteiger partial charge in [-0.1, -0.05) is 26.0 Å². The molecule has 2 N–H and O–H groups in total. The van der Waals surface area contributed by atoms with E-state index in [1.54, 1.807) is 0 Å². The molecule has 0 saturated heterocycles. The predicted molar refractivity (Wildman–Crippen MR) is 71.5 cm³/mol. The van der Waals surface area contributed by atoms with Gasteiger partial charge in [-0.05, 0) is 30.0 Å². The fraction of sp³-hybridized carbons (Fsp3) is 0.571. The highest BCUT2D eigenvalue weighted by molar-refractivity contribution is 5.48. The first-order valence-electron chi connectivity index (χ1n) is 6.18. The first-order valence-corrected chi connectivity index (χ1v) is 6.18. The summed E-state index contributed by atoms with van der Waals surface area (Å²) in [4.78, 5) is 1.90. The van der Waals surface area contributed by atoms with Gasteiger partial charge in [0.05, 0.1) is 19.3 Å². The fourth-order valence-corrected chi connectivity index (χ4v) is 1.79. The van der Waals surface area contributed by atoms with Crippen molar-refractivity contribution in [3.05, 3.63) is 29.8 Å². The van der Waals surface area contributed by atoms with Gasteiger partial charge in [-0.3, -0.25) is 0 Å². The van der Waals surface area contributed by atoms with E-state index in [1.165, 1.54) is 5.56 Å². The number of rotatable bonds is 6. The summed E-state index contributed by atoms with van der Waals surface area (Å²) < 4.78 is 0. The van der Waals surface area contributed by atoms with Gasteiger partial charge in [0.25, 0.3) is 0 Å². The molecule has 1 rings (SSSR count). The lowest BCUT2D eigenvalue weighted by molar-refractivity contribution is 0.191. The Morgan fingerprint density at radius 2 is 1.65 bits per heavy atom. The van der Waals surface area contributed by atoms with Gasteiger partial charge in [-0.15, -0.1) is 0 Å². The summed E-state index contributed by atoms with van der Waals surface area (Å²) in [5, 5.41) is 18.3. The Balaban J connectivity index is 2.79. The highest BCUT2D eigenvalue weighted by atomic mass is 16.3. The second kappa shape index (κ2) is 6.62. The second-order valence-electron chi connectivity index (χ2n) is 4.53. The van der Waals surface area contributed by atoms with Gasteiger partial charge in [0, 0.05) is 12.7 Å². The molecule has 0 aliphatic heterocycles. The van der Waals surface area contributed by atoms with Crippen LogP contribution < -0.4 is 4.90 Å². The molecule has 0 spiro atoms. The molecule has 1 atom stereocenters. The van der Waals surface area contributed by atoms with Crippen LogP contribution in [0.25, 0.3) is 0 Å². The van der Waals surface area contributed by atoms with E-state index in [9.17, 15) is 0 Å². The van der Waals surface area contributed by atoms with Gasteiger partial charge in [0.15, 0.2) is 0 Å². The van der Waals surface area contributed by atoms with Gasteiger partial charge in [0.2, 0.25) is 0 Å². The summed E-state index contributed by atoms with van der Waals surface area (Å²) in [6.07, 6.45) is 1.13. The van der Waals surface area contributed by atoms with Crippen LogP contribution in [0.5, 0.6) is 0 Å². The number of aliphatic hydroxyl groups is 2. The van der Waals surface area contributed by atoms with E-state index >= 15 is 0 Å². The summed E-state index contributed by atoms with van der Waals surface area (Å²) in [6, 6.07) is 8.08. The quantitative estimate of drug-likeness (QED) is 0.795. The Morgan fingerprint density at radius 3 is 2.06 bits per heavy atom. The number of aliphatic hydroxyl groups excluding tert-OH is 2. The predicted octanol–water partition coefficient (Wildman–Crippen LogP) is 1.99. The molecule has 0 aliphatic rings. The molecule has 0 fully saturated rings. The molecule has 0 aromatic heterocycles. The average molecular weight is 237 g/mol. The zero-order chi connectivity index (χ0) is 12.8. The third kappa shape index (κ3) is 3.45. The van der Waals surface area contributed by atoms with Crippen LogP contribution in [0.15, 0.2) is 24.3 Å². The van der Waals surface area contributed by atoms with Crippen molar-refractivity contribution in [3.8, 4) is 0 Å². The number of hydrogen-bond donors (Lipinski definition) is 2. The maximum absolute atomic E-state index is 9.14. The third-order valence-electron chi connectivity index (χ3n) is 3.45. The zero-order valence-corrected chi connectivity index (χ0v) is 10.9. The monoisotopic (exact) mass is 237 g/mol. The van der Waals surface area contributed by atoms with Crippen molar-refractivity contribution in [1.29, 1.82) is 0 Å². The highest BCUT2D eigenvalue weighted by Gasteiger charge is 2.13. The molecule has 0 aliphatic carbocycles. The van der Waals surface area contributed by atoms with Crippen molar-refractivity contribution >= 4 is 5.69 Å². The minimum Gasteiger partial charge on any atom is -0.394 e. The van der Waals surface area contributed by atoms with E-state index < -0.39 is 0 Å². The molecule has 3 nitrogen and oxygen atoms in total. The van der Waals surface area contributed by atoms with E-state index in [4.69, 9.17) is 10.2 Å². The molecule has 0 saturated carbocycles. The summed E-state index contributed by atoms with van der Waals surface area (Å²) in [7, 11) is 1.88. The average Bonchev–Trinajstić information content (AvgIpc) is 2.39. The van der Waals surface area contributed by atoms with Gasteiger partial charge in [-0.25, -0.2) is 0 Å². The molecular formula is C14H23NO2. The minimum atomic E-state index is -0.232. The van der Waals surface area contributed by atoms with Crippen LogP contribution in [0.1, 0.15) is 31.7 Å². The molecular weight excluding hydrogens is 214 g/mol. The van der Waals surface area contributed by atoms with Crippen LogP contribution in [0.3, 0.4) is 0 Å². The molecule has 0 amide bonds. The van der Waals surface area contributed by atoms with Gasteiger partial charge in [0.1, 0.15) is 0 Å². The second-order valence-corrected chi connectivity index (χ2v) is 4.53. The lowest BCUT2D eigenvalue weighted by Gasteiger charge is -2.27. The maximum Gasteiger partial charge on any atom is 0.0748 e. The number of benzene rings is 1. The van der Waals surface area contributed by atoms with Crippen LogP contribution in [0.4, 0.5) is 5.69 Å². The Labute approximate surface area is 104 Å². The Morgan fingerprint density at radius 1 is 1.12 bits per heavy atom. The Kier molecular flexibility index (Phi) is 5.45. The standard InChI is InChI=1S/C14H23NO2/c1-4-11(2)12-5-7-13(8-6-12)15(3)14(9-16)10-17/h5-8,11,14,16-17H,4,9-10H2,1-3H3. The van der Waals surface area contributed by atoms with Crippen molar-refractivity contribution in [1.82, 2.24) is 0 Å². The smallest absolute Gasteiger partial charge is 0.0748 e. The topological polar surface area (TPSA) is 43.7 Å². The number of likely N-dealkylation sites (N-methyl/N-ethyl adjacent to an activating group) is 1. The zero-order valence-electron chi connectivity index (χ0n) is 10.9. The van der Waals surface area contributed by atoms with Crippen LogP contribution >= 0.6 is 0 Å². The van der Waals surface area contributed by atoms with Crippen molar-refractivity contribution in [3.63, 3.8) is 0 Å². The molecule has 1 unspecified atom stereocenters. The van der Waals surface area contributed by atoms with Crippen molar-refractivity contribution < 1.29 is 10.2 Å². The van der Waals surface area contributed by atoms with E-state index in [1.807, 2.05) is 24.1 Å². The lowest BCUT2D eigenvalue weighted by Crippen LogP contribution is -2.37. The molecule has 1 aromatic rings. The Bertz CT molecular complexity index is 319. The highest BCUT2D eigenvalue weighted by Crippen LogP contribution is 2.22. The maximum atomic E-state index is 9.14. The summed E-state index contributed by atoms with van der Waals surface area (Å²) in [5.41, 5.74) is 2.35. The molecule has 0 radical (unpaired) electrons. The molecule has 0 heterocycles. The summed E-state index contributed by atoms with van der Waals surface area (Å²) in [5.74, 6) is 0.570. The van der Waals surface area contributed by atoms with Gasteiger partial charge in [-0.2, -0.15) is 0 Å². The first kappa shape index (κ1) is 14.0. The molecule has 0 bridgehead atoms. The van der Waals surface area contributed by atoms with E-state index in [0.717, 1.165) is 12.1 Å². The molecule has 1 aromatic carbocycles. The minimum absolute atomic E-state index is 0.0416. The molecule has 3 heteroatoms. The molecule has 17 heavy (non-hydrogen) atoms. The first-order chi connectivity index (χ1) is 8.13. The van der Waals surface area contributed by atoms with Crippen molar-refractivity contribution in [2.45, 2.75) is 32.2 Å². The van der Waals surface area contributed by atoms with Crippen LogP contribution in [-0.4, -0.2) is 36.5 Å². The van der Waals surface area contributed by atoms with E-state index in [2.05, 4.69) is 26.0 Å². The normalized spacial score (nSPS) is 12.8. The van der Waals surface area contributed by atoms with Crippen molar-refractivity contribution in [2.24, 2.45) is 0 Å². The Hall–Kier alpha value is -1.06. The largest absolute Gasteiger partial charge is 0.394 e. The summed E-state index contributed by atoms with van der Waals surface area (Å²) >= 11 is 0. The number of hydrogen-bond acceptors (Lipinski definition) is 3. The lowest BCUT2D eigenvalue weighted by atomic mass is 9.98. The van der Waals surface area contributed by atoms with Crippen LogP contribution in [-0.2, 0) is 0 Å². The van der Waals surface area contributed by atoms with Gasteiger partial charge >= 0.3 is 0 Å². The third-order valence-corrected chi connectivity index (χ3v) is 3.45. The van der Waals surface area contributed by atoms with Crippen LogP contribution in [0, 0.1) is 0 Å².